The first-order valence-electron chi connectivity index (χ1n) is 9.78. The highest BCUT2D eigenvalue weighted by molar-refractivity contribution is 7.99. The minimum atomic E-state index is -0.272. The number of hydrogen-bond acceptors (Lipinski definition) is 5. The third-order valence-corrected chi connectivity index (χ3v) is 5.53. The van der Waals surface area contributed by atoms with Crippen LogP contribution in [-0.2, 0) is 9.59 Å². The minimum Gasteiger partial charge on any atom is -0.497 e. The number of thioether (sulfide) groups is 1. The minimum absolute atomic E-state index is 0.0396. The fourth-order valence-corrected chi connectivity index (χ4v) is 4.04. The molecule has 31 heavy (non-hydrogen) atoms. The quantitative estimate of drug-likeness (QED) is 0.543. The molecule has 1 heterocycles. The van der Waals surface area contributed by atoms with Crippen molar-refractivity contribution in [1.82, 2.24) is 14.5 Å². The van der Waals surface area contributed by atoms with E-state index in [9.17, 15) is 9.59 Å². The first-order chi connectivity index (χ1) is 14.9. The Bertz CT molecular complexity index is 1060. The summed E-state index contributed by atoms with van der Waals surface area (Å²) in [6, 6.07) is 13.4. The molecule has 162 valence electrons. The van der Waals surface area contributed by atoms with Crippen LogP contribution in [-0.4, -0.2) is 52.7 Å². The molecule has 0 fully saturated rings. The van der Waals surface area contributed by atoms with Gasteiger partial charge >= 0.3 is 0 Å². The summed E-state index contributed by atoms with van der Waals surface area (Å²) in [5.41, 5.74) is 3.96. The van der Waals surface area contributed by atoms with Crippen LogP contribution in [0.1, 0.15) is 11.1 Å². The van der Waals surface area contributed by atoms with Gasteiger partial charge < -0.3 is 15.0 Å². The maximum atomic E-state index is 12.6. The Morgan fingerprint density at radius 2 is 1.90 bits per heavy atom. The second-order valence-electron chi connectivity index (χ2n) is 7.24. The van der Waals surface area contributed by atoms with E-state index < -0.39 is 0 Å². The maximum Gasteiger partial charge on any atom is 0.243 e. The van der Waals surface area contributed by atoms with Gasteiger partial charge in [-0.25, -0.2) is 4.98 Å². The Labute approximate surface area is 186 Å². The van der Waals surface area contributed by atoms with Crippen molar-refractivity contribution in [2.45, 2.75) is 19.0 Å². The summed E-state index contributed by atoms with van der Waals surface area (Å²) in [5.74, 6) is 0.412. The predicted octanol–water partition coefficient (Wildman–Crippen LogP) is 3.69. The Hall–Kier alpha value is -3.26. The molecule has 0 radical (unpaired) electrons. The number of methoxy groups -OCH3 is 1. The highest BCUT2D eigenvalue weighted by atomic mass is 32.2. The molecule has 0 unspecified atom stereocenters. The highest BCUT2D eigenvalue weighted by Crippen LogP contribution is 2.22. The van der Waals surface area contributed by atoms with Gasteiger partial charge in [-0.15, -0.1) is 0 Å². The van der Waals surface area contributed by atoms with Gasteiger partial charge in [-0.05, 0) is 49.2 Å². The smallest absolute Gasteiger partial charge is 0.243 e. The Balaban J connectivity index is 1.56. The van der Waals surface area contributed by atoms with E-state index in [0.717, 1.165) is 22.0 Å². The largest absolute Gasteiger partial charge is 0.497 e. The van der Waals surface area contributed by atoms with E-state index in [2.05, 4.69) is 42.3 Å². The van der Waals surface area contributed by atoms with E-state index in [-0.39, 0.29) is 24.1 Å². The lowest BCUT2D eigenvalue weighted by Gasteiger charge is -2.17. The van der Waals surface area contributed by atoms with Crippen LogP contribution in [0, 0.1) is 13.8 Å². The van der Waals surface area contributed by atoms with Crippen molar-refractivity contribution in [2.75, 3.05) is 31.8 Å². The third kappa shape index (κ3) is 6.11. The molecular formula is C23H26N4O3S. The second kappa shape index (κ2) is 10.2. The van der Waals surface area contributed by atoms with Crippen LogP contribution < -0.4 is 10.1 Å². The van der Waals surface area contributed by atoms with Crippen LogP contribution >= 0.6 is 11.8 Å². The van der Waals surface area contributed by atoms with Crippen molar-refractivity contribution in [3.05, 3.63) is 66.0 Å². The zero-order chi connectivity index (χ0) is 22.4. The summed E-state index contributed by atoms with van der Waals surface area (Å²) in [5, 5.41) is 3.51. The zero-order valence-electron chi connectivity index (χ0n) is 18.1. The van der Waals surface area contributed by atoms with Crippen LogP contribution in [0.15, 0.2) is 60.0 Å². The van der Waals surface area contributed by atoms with Gasteiger partial charge in [0, 0.05) is 36.9 Å². The van der Waals surface area contributed by atoms with Crippen molar-refractivity contribution < 1.29 is 14.3 Å². The molecule has 8 heteroatoms. The number of nitrogens with zero attached hydrogens (tertiary/aromatic N) is 3. The van der Waals surface area contributed by atoms with E-state index >= 15 is 0 Å². The Morgan fingerprint density at radius 3 is 2.61 bits per heavy atom. The average Bonchev–Trinajstić information content (AvgIpc) is 3.20. The predicted molar refractivity (Wildman–Crippen MR) is 123 cm³/mol. The molecule has 0 aliphatic rings. The molecule has 2 amide bonds. The molecule has 0 bridgehead atoms. The van der Waals surface area contributed by atoms with Crippen molar-refractivity contribution in [3.8, 4) is 11.4 Å². The fourth-order valence-electron chi connectivity index (χ4n) is 3.12. The highest BCUT2D eigenvalue weighted by Gasteiger charge is 2.16. The van der Waals surface area contributed by atoms with Crippen molar-refractivity contribution in [3.63, 3.8) is 0 Å². The lowest BCUT2D eigenvalue weighted by molar-refractivity contribution is -0.131. The number of hydrogen-bond donors (Lipinski definition) is 1. The number of anilines is 1. The first-order valence-corrected chi connectivity index (χ1v) is 10.8. The van der Waals surface area contributed by atoms with Gasteiger partial charge in [-0.1, -0.05) is 23.9 Å². The number of rotatable bonds is 8. The van der Waals surface area contributed by atoms with Crippen LogP contribution in [0.5, 0.6) is 5.75 Å². The van der Waals surface area contributed by atoms with E-state index in [1.54, 1.807) is 44.6 Å². The van der Waals surface area contributed by atoms with Crippen molar-refractivity contribution in [2.24, 2.45) is 0 Å². The summed E-state index contributed by atoms with van der Waals surface area (Å²) < 4.78 is 7.12. The number of nitrogens with one attached hydrogen (secondary N) is 1. The average molecular weight is 439 g/mol. The van der Waals surface area contributed by atoms with E-state index in [4.69, 9.17) is 4.74 Å². The molecule has 1 N–H and O–H groups in total. The molecule has 0 aliphatic carbocycles. The number of amides is 2. The first kappa shape index (κ1) is 22.4. The maximum absolute atomic E-state index is 12.6. The molecule has 0 spiro atoms. The van der Waals surface area contributed by atoms with E-state index in [1.807, 2.05) is 10.8 Å². The Kier molecular flexibility index (Phi) is 7.36. The normalized spacial score (nSPS) is 10.6. The molecule has 1 aromatic heterocycles. The van der Waals surface area contributed by atoms with Gasteiger partial charge in [0.1, 0.15) is 5.75 Å². The topological polar surface area (TPSA) is 76.5 Å². The number of ether oxygens (including phenoxy) is 1. The monoisotopic (exact) mass is 438 g/mol. The molecule has 2 aromatic carbocycles. The summed E-state index contributed by atoms with van der Waals surface area (Å²) in [7, 11) is 3.18. The SMILES string of the molecule is COc1cccc(NC(=O)CN(C)C(=O)CSc2nccn2-c2cc(C)cc(C)c2)c1. The number of benzene rings is 2. The third-order valence-electron chi connectivity index (χ3n) is 4.58. The number of carbonyl (C=O) groups excluding carboxylic acids is 2. The number of aromatic nitrogens is 2. The standard InChI is InChI=1S/C23H26N4O3S/c1-16-10-17(2)12-19(11-16)27-9-8-24-23(27)31-15-22(29)26(3)14-21(28)25-18-6-5-7-20(13-18)30-4/h5-13H,14-15H2,1-4H3,(H,25,28). The van der Waals surface area contributed by atoms with Gasteiger partial charge in [0.05, 0.1) is 19.4 Å². The van der Waals surface area contributed by atoms with Gasteiger partial charge in [-0.3, -0.25) is 14.2 Å². The Morgan fingerprint density at radius 1 is 1.16 bits per heavy atom. The molecule has 0 atom stereocenters. The molecule has 0 saturated carbocycles. The van der Waals surface area contributed by atoms with Gasteiger partial charge in [0.15, 0.2) is 5.16 Å². The van der Waals surface area contributed by atoms with Gasteiger partial charge in [0.2, 0.25) is 11.8 Å². The zero-order valence-corrected chi connectivity index (χ0v) is 18.9. The molecule has 7 nitrogen and oxygen atoms in total. The molecule has 3 aromatic rings. The lowest BCUT2D eigenvalue weighted by atomic mass is 10.1. The lowest BCUT2D eigenvalue weighted by Crippen LogP contribution is -2.36. The molecule has 3 rings (SSSR count). The van der Waals surface area contributed by atoms with Crippen molar-refractivity contribution >= 4 is 29.3 Å². The van der Waals surface area contributed by atoms with E-state index in [1.165, 1.54) is 16.7 Å². The second-order valence-corrected chi connectivity index (χ2v) is 8.19. The molecule has 0 aliphatic heterocycles. The summed E-state index contributed by atoms with van der Waals surface area (Å²) in [6.07, 6.45) is 3.60. The van der Waals surface area contributed by atoms with Gasteiger partial charge in [0.25, 0.3) is 0 Å². The number of likely N-dealkylation sites (N-methyl/N-ethyl adjacent to an activating group) is 1. The number of imidazole rings is 1. The fraction of sp³-hybridized carbons (Fsp3) is 0.261. The van der Waals surface area contributed by atoms with Crippen molar-refractivity contribution in [1.29, 1.82) is 0 Å². The van der Waals surface area contributed by atoms with E-state index in [0.29, 0.717) is 11.4 Å². The summed E-state index contributed by atoms with van der Waals surface area (Å²) in [6.45, 7) is 4.06. The molecule has 0 saturated heterocycles. The summed E-state index contributed by atoms with van der Waals surface area (Å²) in [4.78, 5) is 30.6. The van der Waals surface area contributed by atoms with Crippen LogP contribution in [0.25, 0.3) is 5.69 Å². The van der Waals surface area contributed by atoms with Crippen LogP contribution in [0.4, 0.5) is 5.69 Å². The summed E-state index contributed by atoms with van der Waals surface area (Å²) >= 11 is 1.35. The molecular weight excluding hydrogens is 412 g/mol. The number of aryl methyl sites for hydroxylation is 2. The van der Waals surface area contributed by atoms with Crippen LogP contribution in [0.3, 0.4) is 0 Å². The van der Waals surface area contributed by atoms with Gasteiger partial charge in [-0.2, -0.15) is 0 Å². The number of carbonyl (C=O) groups is 2. The van der Waals surface area contributed by atoms with Crippen LogP contribution in [0.2, 0.25) is 0 Å².